The quantitative estimate of drug-likeness (QED) is 0.516. The van der Waals surface area contributed by atoms with Crippen LogP contribution in [-0.4, -0.2) is 49.1 Å². The van der Waals surface area contributed by atoms with Crippen LogP contribution in [0, 0.1) is 0 Å². The lowest BCUT2D eigenvalue weighted by molar-refractivity contribution is -0.125. The average molecular weight is 467 g/mol. The maximum Gasteiger partial charge on any atom is 0.262 e. The first kappa shape index (κ1) is 22.6. The summed E-state index contributed by atoms with van der Waals surface area (Å²) in [5.41, 5.74) is 2.12. The third-order valence-electron chi connectivity index (χ3n) is 5.86. The van der Waals surface area contributed by atoms with E-state index in [4.69, 9.17) is 0 Å². The van der Waals surface area contributed by atoms with E-state index in [1.54, 1.807) is 18.2 Å². The monoisotopic (exact) mass is 466 g/mol. The molecule has 2 aliphatic rings. The molecule has 33 heavy (non-hydrogen) atoms. The summed E-state index contributed by atoms with van der Waals surface area (Å²) in [6.07, 6.45) is 2.40. The Kier molecular flexibility index (Phi) is 5.75. The molecule has 0 aliphatic carbocycles. The highest BCUT2D eigenvalue weighted by molar-refractivity contribution is 7.90. The standard InChI is InChI=1S/C24H22N2O6S/c1-14-3-11-20(22(28)25-14)26-23(29)18-10-4-15(13-19(18)24(26)30)5-12-21(27)16-6-8-17(9-7-16)33(2,31)32/h4,6-10,13,20H,1,3,5,11-12H2,2H3,(H,25,28). The second-order valence-corrected chi connectivity index (χ2v) is 10.2. The van der Waals surface area contributed by atoms with Crippen molar-refractivity contribution in [1.29, 1.82) is 0 Å². The Bertz CT molecular complexity index is 1310. The van der Waals surface area contributed by atoms with Crippen molar-refractivity contribution < 1.29 is 27.6 Å². The van der Waals surface area contributed by atoms with E-state index in [1.807, 2.05) is 0 Å². The molecule has 1 fully saturated rings. The molecular formula is C24H22N2O6S. The fraction of sp³-hybridized carbons (Fsp3) is 0.250. The maximum atomic E-state index is 12.9. The number of hydrogen-bond donors (Lipinski definition) is 1. The third-order valence-corrected chi connectivity index (χ3v) is 6.99. The van der Waals surface area contributed by atoms with Gasteiger partial charge in [0.2, 0.25) is 5.91 Å². The molecule has 9 heteroatoms. The Hall–Kier alpha value is -3.59. The Morgan fingerprint density at radius 3 is 2.36 bits per heavy atom. The molecule has 170 valence electrons. The molecule has 4 rings (SSSR count). The topological polar surface area (TPSA) is 118 Å². The van der Waals surface area contributed by atoms with Gasteiger partial charge >= 0.3 is 0 Å². The van der Waals surface area contributed by atoms with Gasteiger partial charge in [-0.3, -0.25) is 24.1 Å². The van der Waals surface area contributed by atoms with Crippen LogP contribution in [0.3, 0.4) is 0 Å². The van der Waals surface area contributed by atoms with Gasteiger partial charge in [-0.15, -0.1) is 0 Å². The number of allylic oxidation sites excluding steroid dienone is 1. The molecular weight excluding hydrogens is 444 g/mol. The zero-order valence-electron chi connectivity index (χ0n) is 18.0. The van der Waals surface area contributed by atoms with Crippen LogP contribution in [0.1, 0.15) is 55.9 Å². The van der Waals surface area contributed by atoms with Gasteiger partial charge in [0, 0.05) is 23.9 Å². The molecule has 1 atom stereocenters. The molecule has 2 aliphatic heterocycles. The first-order valence-corrected chi connectivity index (χ1v) is 12.3. The number of sulfone groups is 1. The van der Waals surface area contributed by atoms with Crippen molar-refractivity contribution >= 4 is 33.3 Å². The van der Waals surface area contributed by atoms with Crippen molar-refractivity contribution in [1.82, 2.24) is 10.2 Å². The zero-order chi connectivity index (χ0) is 23.9. The maximum absolute atomic E-state index is 12.9. The highest BCUT2D eigenvalue weighted by Crippen LogP contribution is 2.29. The second kappa shape index (κ2) is 8.40. The highest BCUT2D eigenvalue weighted by Gasteiger charge is 2.43. The lowest BCUT2D eigenvalue weighted by Crippen LogP contribution is -2.51. The number of carbonyl (C=O) groups is 4. The summed E-state index contributed by atoms with van der Waals surface area (Å²) in [7, 11) is -3.34. The van der Waals surface area contributed by atoms with Gasteiger partial charge in [0.05, 0.1) is 16.0 Å². The van der Waals surface area contributed by atoms with Gasteiger partial charge in [-0.2, -0.15) is 0 Å². The van der Waals surface area contributed by atoms with E-state index in [-0.39, 0.29) is 28.2 Å². The van der Waals surface area contributed by atoms with Crippen LogP contribution < -0.4 is 5.32 Å². The second-order valence-electron chi connectivity index (χ2n) is 8.23. The average Bonchev–Trinajstić information content (AvgIpc) is 3.01. The van der Waals surface area contributed by atoms with E-state index in [0.717, 1.165) is 11.2 Å². The summed E-state index contributed by atoms with van der Waals surface area (Å²) in [6, 6.07) is 9.71. The van der Waals surface area contributed by atoms with Crippen molar-refractivity contribution in [3.63, 3.8) is 0 Å². The minimum Gasteiger partial charge on any atom is -0.329 e. The smallest absolute Gasteiger partial charge is 0.262 e. The highest BCUT2D eigenvalue weighted by atomic mass is 32.2. The Morgan fingerprint density at radius 2 is 1.73 bits per heavy atom. The Balaban J connectivity index is 1.46. The number of rotatable bonds is 6. The first-order valence-electron chi connectivity index (χ1n) is 10.4. The van der Waals surface area contributed by atoms with E-state index in [9.17, 15) is 27.6 Å². The van der Waals surface area contributed by atoms with Crippen molar-refractivity contribution in [2.45, 2.75) is 36.6 Å². The van der Waals surface area contributed by atoms with Crippen molar-refractivity contribution in [3.05, 3.63) is 77.0 Å². The summed E-state index contributed by atoms with van der Waals surface area (Å²) < 4.78 is 23.1. The predicted octanol–water partition coefficient (Wildman–Crippen LogP) is 2.29. The van der Waals surface area contributed by atoms with Crippen LogP contribution in [0.15, 0.2) is 59.6 Å². The number of benzene rings is 2. The van der Waals surface area contributed by atoms with Gasteiger partial charge in [0.15, 0.2) is 15.6 Å². The molecule has 0 radical (unpaired) electrons. The number of fused-ring (bicyclic) bond motifs is 1. The number of nitrogens with one attached hydrogen (secondary N) is 1. The number of piperidine rings is 1. The van der Waals surface area contributed by atoms with E-state index < -0.39 is 33.6 Å². The molecule has 0 spiro atoms. The molecule has 0 bridgehead atoms. The molecule has 2 aromatic rings. The van der Waals surface area contributed by atoms with Gasteiger partial charge in [-0.25, -0.2) is 8.42 Å². The number of imide groups is 1. The van der Waals surface area contributed by atoms with Crippen LogP contribution in [-0.2, 0) is 21.1 Å². The summed E-state index contributed by atoms with van der Waals surface area (Å²) >= 11 is 0. The van der Waals surface area contributed by atoms with Crippen LogP contribution in [0.2, 0.25) is 0 Å². The summed E-state index contributed by atoms with van der Waals surface area (Å²) in [5.74, 6) is -1.62. The summed E-state index contributed by atoms with van der Waals surface area (Å²) in [6.45, 7) is 3.71. The van der Waals surface area contributed by atoms with E-state index in [2.05, 4.69) is 11.9 Å². The van der Waals surface area contributed by atoms with Crippen LogP contribution in [0.25, 0.3) is 0 Å². The summed E-state index contributed by atoms with van der Waals surface area (Å²) in [4.78, 5) is 51.7. The number of nitrogens with zero attached hydrogens (tertiary/aromatic N) is 1. The van der Waals surface area contributed by atoms with Gasteiger partial charge in [-0.1, -0.05) is 24.8 Å². The molecule has 2 heterocycles. The third kappa shape index (κ3) is 4.36. The number of hydrogen-bond acceptors (Lipinski definition) is 6. The van der Waals surface area contributed by atoms with E-state index in [0.29, 0.717) is 36.1 Å². The molecule has 1 saturated heterocycles. The minimum atomic E-state index is -3.34. The van der Waals surface area contributed by atoms with Crippen molar-refractivity contribution in [2.24, 2.45) is 0 Å². The SMILES string of the molecule is C=C1CCC(N2C(=O)c3ccc(CCC(=O)c4ccc(S(C)(=O)=O)cc4)cc3C2=O)C(=O)N1. The van der Waals surface area contributed by atoms with Gasteiger partial charge in [0.1, 0.15) is 6.04 Å². The van der Waals surface area contributed by atoms with Gasteiger partial charge < -0.3 is 5.32 Å². The van der Waals surface area contributed by atoms with E-state index in [1.165, 1.54) is 24.3 Å². The largest absolute Gasteiger partial charge is 0.329 e. The van der Waals surface area contributed by atoms with Crippen molar-refractivity contribution in [2.75, 3.05) is 6.26 Å². The fourth-order valence-electron chi connectivity index (χ4n) is 4.04. The normalized spacial score (nSPS) is 18.3. The number of amides is 3. The van der Waals surface area contributed by atoms with Crippen LogP contribution in [0.4, 0.5) is 0 Å². The molecule has 1 N–H and O–H groups in total. The molecule has 0 saturated carbocycles. The lowest BCUT2D eigenvalue weighted by atomic mass is 9.99. The Morgan fingerprint density at radius 1 is 1.06 bits per heavy atom. The number of ketones is 1. The molecule has 1 unspecified atom stereocenters. The number of Topliss-reactive ketones (excluding diaryl/α,β-unsaturated/α-hetero) is 1. The minimum absolute atomic E-state index is 0.140. The molecule has 2 aromatic carbocycles. The van der Waals surface area contributed by atoms with E-state index >= 15 is 0 Å². The molecule has 3 amide bonds. The van der Waals surface area contributed by atoms with Crippen LogP contribution in [0.5, 0.6) is 0 Å². The summed E-state index contributed by atoms with van der Waals surface area (Å²) in [5, 5.41) is 2.60. The zero-order valence-corrected chi connectivity index (χ0v) is 18.8. The Labute approximate surface area is 191 Å². The van der Waals surface area contributed by atoms with Gasteiger partial charge in [0.25, 0.3) is 11.8 Å². The molecule has 0 aromatic heterocycles. The molecule has 8 nitrogen and oxygen atoms in total. The number of carbonyl (C=O) groups excluding carboxylic acids is 4. The lowest BCUT2D eigenvalue weighted by Gasteiger charge is -2.29. The van der Waals surface area contributed by atoms with Crippen LogP contribution >= 0.6 is 0 Å². The predicted molar refractivity (Wildman–Crippen MR) is 119 cm³/mol. The van der Waals surface area contributed by atoms with Crippen molar-refractivity contribution in [3.8, 4) is 0 Å². The fourth-order valence-corrected chi connectivity index (χ4v) is 4.67. The number of aryl methyl sites for hydroxylation is 1. The van der Waals surface area contributed by atoms with Gasteiger partial charge in [-0.05, 0) is 49.1 Å². The first-order chi connectivity index (χ1) is 15.6.